The fraction of sp³-hybridized carbons (Fsp3) is 0.750. The van der Waals surface area contributed by atoms with E-state index in [1.165, 1.54) is 0 Å². The summed E-state index contributed by atoms with van der Waals surface area (Å²) in [5.41, 5.74) is 0. The topological polar surface area (TPSA) is 47.9 Å². The molecular weight excluding hydrogens is 264 g/mol. The number of rotatable bonds is 10. The molecule has 0 aromatic rings. The zero-order valence-electron chi connectivity index (χ0n) is 14.2. The summed E-state index contributed by atoms with van der Waals surface area (Å²) in [6.45, 7) is 13.6. The van der Waals surface area contributed by atoms with Gasteiger partial charge in [-0.1, -0.05) is 6.08 Å². The van der Waals surface area contributed by atoms with Gasteiger partial charge < -0.3 is 15.1 Å². The molecule has 5 heteroatoms. The Morgan fingerprint density at radius 3 is 2.48 bits per heavy atom. The van der Waals surface area contributed by atoms with Crippen molar-refractivity contribution in [3.05, 3.63) is 12.7 Å². The normalized spacial score (nSPS) is 11.1. The maximum atomic E-state index is 11.9. The number of guanidine groups is 1. The summed E-state index contributed by atoms with van der Waals surface area (Å²) < 4.78 is 0. The predicted molar refractivity (Wildman–Crippen MR) is 90.6 cm³/mol. The van der Waals surface area contributed by atoms with Gasteiger partial charge in [0.05, 0.1) is 6.54 Å². The second kappa shape index (κ2) is 12.2. The molecule has 0 aliphatic heterocycles. The first-order valence-electron chi connectivity index (χ1n) is 7.98. The van der Waals surface area contributed by atoms with Crippen LogP contribution < -0.4 is 5.32 Å². The van der Waals surface area contributed by atoms with Gasteiger partial charge in [-0.3, -0.25) is 9.79 Å². The van der Waals surface area contributed by atoms with E-state index in [4.69, 9.17) is 0 Å². The summed E-state index contributed by atoms with van der Waals surface area (Å²) in [7, 11) is 2.02. The molecule has 21 heavy (non-hydrogen) atoms. The highest BCUT2D eigenvalue weighted by molar-refractivity contribution is 5.80. The molecule has 0 aromatic heterocycles. The molecule has 0 radical (unpaired) electrons. The van der Waals surface area contributed by atoms with E-state index in [-0.39, 0.29) is 5.91 Å². The molecule has 0 aliphatic rings. The smallest absolute Gasteiger partial charge is 0.224 e. The number of carbonyl (C=O) groups is 1. The van der Waals surface area contributed by atoms with E-state index in [1.807, 2.05) is 38.8 Å². The predicted octanol–water partition coefficient (Wildman–Crippen LogP) is 2.11. The molecule has 0 heterocycles. The van der Waals surface area contributed by atoms with E-state index in [9.17, 15) is 4.79 Å². The number of hydrogen-bond donors (Lipinski definition) is 1. The van der Waals surface area contributed by atoms with Crippen LogP contribution in [0.2, 0.25) is 0 Å². The third-order valence-corrected chi connectivity index (χ3v) is 3.30. The summed E-state index contributed by atoms with van der Waals surface area (Å²) in [6.07, 6.45) is 4.46. The molecule has 0 fully saturated rings. The number of nitrogens with zero attached hydrogens (tertiary/aromatic N) is 3. The van der Waals surface area contributed by atoms with Gasteiger partial charge in [0.1, 0.15) is 0 Å². The molecule has 0 aliphatic carbocycles. The highest BCUT2D eigenvalue weighted by atomic mass is 16.2. The van der Waals surface area contributed by atoms with Gasteiger partial charge >= 0.3 is 0 Å². The first kappa shape index (κ1) is 19.5. The van der Waals surface area contributed by atoms with Crippen molar-refractivity contribution in [2.24, 2.45) is 4.99 Å². The van der Waals surface area contributed by atoms with Gasteiger partial charge in [0.25, 0.3) is 0 Å². The molecule has 1 amide bonds. The average molecular weight is 296 g/mol. The number of allylic oxidation sites excluding steroid dienone is 1. The summed E-state index contributed by atoms with van der Waals surface area (Å²) in [6, 6.07) is 0. The Kier molecular flexibility index (Phi) is 11.4. The van der Waals surface area contributed by atoms with Crippen LogP contribution in [0.1, 0.15) is 40.0 Å². The van der Waals surface area contributed by atoms with Crippen molar-refractivity contribution in [2.45, 2.75) is 40.0 Å². The van der Waals surface area contributed by atoms with Crippen molar-refractivity contribution >= 4 is 11.9 Å². The molecule has 0 atom stereocenters. The van der Waals surface area contributed by atoms with Crippen molar-refractivity contribution in [3.8, 4) is 0 Å². The van der Waals surface area contributed by atoms with Gasteiger partial charge in [-0.2, -0.15) is 0 Å². The Bertz CT molecular complexity index is 324. The standard InChI is InChI=1S/C16H32N4O/c1-6-10-11-14-19(5)16(17-7-2)18-13-12-15(21)20(8-3)9-4/h6H,1,7-14H2,2-5H3,(H,17,18). The molecule has 0 saturated heterocycles. The molecule has 0 spiro atoms. The van der Waals surface area contributed by atoms with E-state index in [1.54, 1.807) is 0 Å². The minimum absolute atomic E-state index is 0.175. The van der Waals surface area contributed by atoms with Crippen LogP contribution in [0.5, 0.6) is 0 Å². The van der Waals surface area contributed by atoms with Crippen LogP contribution in [0, 0.1) is 0 Å². The molecule has 122 valence electrons. The Balaban J connectivity index is 4.37. The number of nitrogens with one attached hydrogen (secondary N) is 1. The zero-order chi connectivity index (χ0) is 16.1. The van der Waals surface area contributed by atoms with Gasteiger partial charge in [0, 0.05) is 39.6 Å². The Hall–Kier alpha value is -1.52. The molecule has 0 bridgehead atoms. The highest BCUT2D eigenvalue weighted by Crippen LogP contribution is 1.97. The quantitative estimate of drug-likeness (QED) is 0.291. The van der Waals surface area contributed by atoms with Crippen LogP contribution in [0.15, 0.2) is 17.6 Å². The van der Waals surface area contributed by atoms with Gasteiger partial charge in [-0.25, -0.2) is 0 Å². The monoisotopic (exact) mass is 296 g/mol. The molecule has 0 aromatic carbocycles. The lowest BCUT2D eigenvalue weighted by Crippen LogP contribution is -2.39. The van der Waals surface area contributed by atoms with Gasteiger partial charge in [-0.05, 0) is 33.6 Å². The first-order valence-corrected chi connectivity index (χ1v) is 7.98. The van der Waals surface area contributed by atoms with Crippen LogP contribution in [0.3, 0.4) is 0 Å². The Morgan fingerprint density at radius 2 is 1.95 bits per heavy atom. The van der Waals surface area contributed by atoms with Crippen LogP contribution >= 0.6 is 0 Å². The van der Waals surface area contributed by atoms with E-state index in [0.717, 1.165) is 45.0 Å². The van der Waals surface area contributed by atoms with E-state index in [0.29, 0.717) is 13.0 Å². The second-order valence-electron chi connectivity index (χ2n) is 4.90. The maximum absolute atomic E-state index is 11.9. The lowest BCUT2D eigenvalue weighted by Gasteiger charge is -2.22. The highest BCUT2D eigenvalue weighted by Gasteiger charge is 2.09. The van der Waals surface area contributed by atoms with Crippen LogP contribution in [-0.4, -0.2) is 61.4 Å². The molecule has 0 rings (SSSR count). The molecule has 1 N–H and O–H groups in total. The maximum Gasteiger partial charge on any atom is 0.224 e. The summed E-state index contributed by atoms with van der Waals surface area (Å²) >= 11 is 0. The van der Waals surface area contributed by atoms with Crippen LogP contribution in [-0.2, 0) is 4.79 Å². The molecule has 0 unspecified atom stereocenters. The van der Waals surface area contributed by atoms with Crippen molar-refractivity contribution < 1.29 is 4.79 Å². The Labute approximate surface area is 130 Å². The fourth-order valence-electron chi connectivity index (χ4n) is 2.04. The number of hydrogen-bond acceptors (Lipinski definition) is 2. The Morgan fingerprint density at radius 1 is 1.29 bits per heavy atom. The zero-order valence-corrected chi connectivity index (χ0v) is 14.2. The minimum atomic E-state index is 0.175. The van der Waals surface area contributed by atoms with Crippen molar-refractivity contribution in [3.63, 3.8) is 0 Å². The van der Waals surface area contributed by atoms with Crippen LogP contribution in [0.4, 0.5) is 0 Å². The number of aliphatic imine (C=N–C) groups is 1. The molecule has 0 saturated carbocycles. The SMILES string of the molecule is C=CCCCN(C)C(=NCCC(=O)N(CC)CC)NCC. The van der Waals surface area contributed by atoms with Crippen LogP contribution in [0.25, 0.3) is 0 Å². The summed E-state index contributed by atoms with van der Waals surface area (Å²) in [5.74, 6) is 1.04. The largest absolute Gasteiger partial charge is 0.357 e. The van der Waals surface area contributed by atoms with Crippen molar-refractivity contribution in [1.82, 2.24) is 15.1 Å². The lowest BCUT2D eigenvalue weighted by molar-refractivity contribution is -0.130. The minimum Gasteiger partial charge on any atom is -0.357 e. The lowest BCUT2D eigenvalue weighted by atomic mass is 10.3. The summed E-state index contributed by atoms with van der Waals surface area (Å²) in [5, 5.41) is 3.27. The second-order valence-corrected chi connectivity index (χ2v) is 4.90. The van der Waals surface area contributed by atoms with Gasteiger partial charge in [0.2, 0.25) is 5.91 Å². The molecule has 5 nitrogen and oxygen atoms in total. The number of unbranched alkanes of at least 4 members (excludes halogenated alkanes) is 1. The number of carbonyl (C=O) groups excluding carboxylic acids is 1. The van der Waals surface area contributed by atoms with Crippen molar-refractivity contribution in [2.75, 3.05) is 39.8 Å². The van der Waals surface area contributed by atoms with Crippen molar-refractivity contribution in [1.29, 1.82) is 0 Å². The third kappa shape index (κ3) is 8.38. The van der Waals surface area contributed by atoms with E-state index in [2.05, 4.69) is 21.8 Å². The van der Waals surface area contributed by atoms with Gasteiger partial charge in [0.15, 0.2) is 5.96 Å². The molecular formula is C16H32N4O. The fourth-order valence-corrected chi connectivity index (χ4v) is 2.04. The van der Waals surface area contributed by atoms with E-state index < -0.39 is 0 Å². The number of amides is 1. The first-order chi connectivity index (χ1) is 10.1. The van der Waals surface area contributed by atoms with E-state index >= 15 is 0 Å². The third-order valence-electron chi connectivity index (χ3n) is 3.30. The summed E-state index contributed by atoms with van der Waals surface area (Å²) in [4.78, 5) is 20.4. The van der Waals surface area contributed by atoms with Gasteiger partial charge in [-0.15, -0.1) is 6.58 Å². The average Bonchev–Trinajstić information content (AvgIpc) is 2.47.